The zero-order valence-electron chi connectivity index (χ0n) is 16.1. The number of fused-ring (bicyclic) bond motifs is 5. The van der Waals surface area contributed by atoms with Crippen LogP contribution in [0.25, 0.3) is 53.9 Å². The molecule has 0 atom stereocenters. The largest absolute Gasteiger partial charge is 0.0616 e. The van der Waals surface area contributed by atoms with E-state index in [-0.39, 0.29) is 0 Å². The molecule has 0 aliphatic rings. The third-order valence-corrected chi connectivity index (χ3v) is 6.34. The summed E-state index contributed by atoms with van der Waals surface area (Å²) in [6.07, 6.45) is 0. The molecule has 0 bridgehead atoms. The molecule has 0 aliphatic carbocycles. The fourth-order valence-electron chi connectivity index (χ4n) is 4.76. The molecule has 132 valence electrons. The van der Waals surface area contributed by atoms with E-state index < -0.39 is 0 Å². The van der Waals surface area contributed by atoms with Gasteiger partial charge in [0, 0.05) is 0 Å². The average molecular weight is 356 g/mol. The first-order valence-electron chi connectivity index (χ1n) is 9.87. The van der Waals surface area contributed by atoms with Gasteiger partial charge < -0.3 is 0 Å². The van der Waals surface area contributed by atoms with E-state index in [1.54, 1.807) is 0 Å². The van der Waals surface area contributed by atoms with Gasteiger partial charge in [0.1, 0.15) is 0 Å². The molecule has 28 heavy (non-hydrogen) atoms. The van der Waals surface area contributed by atoms with Gasteiger partial charge in [-0.15, -0.1) is 0 Å². The highest BCUT2D eigenvalue weighted by Gasteiger charge is 2.11. The first-order chi connectivity index (χ1) is 13.7. The van der Waals surface area contributed by atoms with Crippen molar-refractivity contribution in [3.05, 3.63) is 96.1 Å². The quantitative estimate of drug-likeness (QED) is 0.241. The fourth-order valence-corrected chi connectivity index (χ4v) is 4.76. The first-order valence-corrected chi connectivity index (χ1v) is 9.87. The molecule has 0 spiro atoms. The minimum absolute atomic E-state index is 1.30. The third-order valence-electron chi connectivity index (χ3n) is 6.34. The standard InChI is InChI=1S/C28H20/c1-17-25-13-21-9-5-6-10-22(21)14-26(25)18(2)28-16-24-12-20-8-4-3-7-19(20)11-23(24)15-27(17)28/h3-16H,1-2H3. The first kappa shape index (κ1) is 15.7. The number of hydrogen-bond donors (Lipinski definition) is 0. The number of benzene rings is 6. The summed E-state index contributed by atoms with van der Waals surface area (Å²) >= 11 is 0. The minimum atomic E-state index is 1.30. The number of rotatable bonds is 0. The van der Waals surface area contributed by atoms with Gasteiger partial charge in [0.25, 0.3) is 0 Å². The van der Waals surface area contributed by atoms with E-state index in [9.17, 15) is 0 Å². The SMILES string of the molecule is Cc1c2cc3ccccc3cc2c(C)c2cc3cc4ccccc4cc3cc12. The van der Waals surface area contributed by atoms with Crippen LogP contribution < -0.4 is 0 Å². The van der Waals surface area contributed by atoms with E-state index in [2.05, 4.69) is 98.8 Å². The van der Waals surface area contributed by atoms with E-state index in [1.807, 2.05) is 0 Å². The van der Waals surface area contributed by atoms with Crippen molar-refractivity contribution in [2.24, 2.45) is 0 Å². The Morgan fingerprint density at radius 1 is 0.357 bits per heavy atom. The van der Waals surface area contributed by atoms with E-state index in [0.29, 0.717) is 0 Å². The van der Waals surface area contributed by atoms with Crippen molar-refractivity contribution in [3.8, 4) is 0 Å². The predicted octanol–water partition coefficient (Wildman–Crippen LogP) is 8.07. The molecule has 6 aromatic carbocycles. The van der Waals surface area contributed by atoms with Crippen LogP contribution in [0.4, 0.5) is 0 Å². The maximum Gasteiger partial charge on any atom is -0.0139 e. The number of aryl methyl sites for hydroxylation is 2. The van der Waals surface area contributed by atoms with Crippen molar-refractivity contribution in [2.45, 2.75) is 13.8 Å². The second-order valence-corrected chi connectivity index (χ2v) is 7.94. The van der Waals surface area contributed by atoms with Crippen LogP contribution in [0.1, 0.15) is 11.1 Å². The lowest BCUT2D eigenvalue weighted by molar-refractivity contribution is 1.54. The molecule has 0 aromatic heterocycles. The van der Waals surface area contributed by atoms with Crippen LogP contribution in [0.15, 0.2) is 84.9 Å². The molecule has 0 radical (unpaired) electrons. The summed E-state index contributed by atoms with van der Waals surface area (Å²) < 4.78 is 0. The van der Waals surface area contributed by atoms with E-state index in [4.69, 9.17) is 0 Å². The molecule has 0 heterocycles. The summed E-state index contributed by atoms with van der Waals surface area (Å²) in [5.74, 6) is 0. The molecule has 0 unspecified atom stereocenters. The van der Waals surface area contributed by atoms with Crippen molar-refractivity contribution in [1.82, 2.24) is 0 Å². The lowest BCUT2D eigenvalue weighted by Crippen LogP contribution is -1.90. The van der Waals surface area contributed by atoms with Crippen LogP contribution in [0.2, 0.25) is 0 Å². The molecule has 0 saturated heterocycles. The highest BCUT2D eigenvalue weighted by molar-refractivity contribution is 6.14. The molecule has 6 aromatic rings. The van der Waals surface area contributed by atoms with Gasteiger partial charge in [-0.3, -0.25) is 0 Å². The summed E-state index contributed by atoms with van der Waals surface area (Å²) in [7, 11) is 0. The Hall–Kier alpha value is -3.38. The van der Waals surface area contributed by atoms with E-state index >= 15 is 0 Å². The van der Waals surface area contributed by atoms with Crippen molar-refractivity contribution >= 4 is 53.9 Å². The van der Waals surface area contributed by atoms with Crippen molar-refractivity contribution in [2.75, 3.05) is 0 Å². The molecule has 0 nitrogen and oxygen atoms in total. The Morgan fingerprint density at radius 2 is 0.643 bits per heavy atom. The third kappa shape index (κ3) is 2.12. The highest BCUT2D eigenvalue weighted by Crippen LogP contribution is 2.37. The van der Waals surface area contributed by atoms with Gasteiger partial charge in [-0.1, -0.05) is 48.5 Å². The van der Waals surface area contributed by atoms with Gasteiger partial charge in [-0.2, -0.15) is 0 Å². The molecule has 0 heteroatoms. The second-order valence-electron chi connectivity index (χ2n) is 7.94. The summed E-state index contributed by atoms with van der Waals surface area (Å²) in [6.45, 7) is 4.54. The molecule has 6 rings (SSSR count). The van der Waals surface area contributed by atoms with Gasteiger partial charge in [-0.05, 0) is 115 Å². The monoisotopic (exact) mass is 356 g/mol. The zero-order valence-corrected chi connectivity index (χ0v) is 16.1. The lowest BCUT2D eigenvalue weighted by atomic mass is 9.89. The molecule has 0 fully saturated rings. The van der Waals surface area contributed by atoms with Crippen molar-refractivity contribution in [3.63, 3.8) is 0 Å². The maximum absolute atomic E-state index is 2.38. The normalized spacial score (nSPS) is 11.9. The molecule has 0 amide bonds. The minimum Gasteiger partial charge on any atom is -0.0616 e. The van der Waals surface area contributed by atoms with Crippen LogP contribution in [-0.2, 0) is 0 Å². The van der Waals surface area contributed by atoms with Gasteiger partial charge in [0.2, 0.25) is 0 Å². The summed E-state index contributed by atoms with van der Waals surface area (Å²) in [4.78, 5) is 0. The molecule has 0 aliphatic heterocycles. The van der Waals surface area contributed by atoms with Crippen molar-refractivity contribution < 1.29 is 0 Å². The summed E-state index contributed by atoms with van der Waals surface area (Å²) in [5, 5.41) is 13.3. The summed E-state index contributed by atoms with van der Waals surface area (Å²) in [6, 6.07) is 31.4. The zero-order chi connectivity index (χ0) is 18.8. The Kier molecular flexibility index (Phi) is 3.11. The highest BCUT2D eigenvalue weighted by atomic mass is 14.2. The average Bonchev–Trinajstić information content (AvgIpc) is 2.74. The smallest absolute Gasteiger partial charge is 0.0139 e. The van der Waals surface area contributed by atoms with Crippen LogP contribution in [0.3, 0.4) is 0 Å². The Balaban J connectivity index is 1.81. The van der Waals surface area contributed by atoms with Gasteiger partial charge >= 0.3 is 0 Å². The van der Waals surface area contributed by atoms with E-state index in [1.165, 1.54) is 65.0 Å². The predicted molar refractivity (Wildman–Crippen MR) is 123 cm³/mol. The van der Waals surface area contributed by atoms with Crippen LogP contribution in [-0.4, -0.2) is 0 Å². The van der Waals surface area contributed by atoms with Gasteiger partial charge in [0.05, 0.1) is 0 Å². The fraction of sp³-hybridized carbons (Fsp3) is 0.0714. The van der Waals surface area contributed by atoms with Crippen LogP contribution in [0, 0.1) is 13.8 Å². The van der Waals surface area contributed by atoms with Crippen LogP contribution in [0.5, 0.6) is 0 Å². The van der Waals surface area contributed by atoms with Crippen molar-refractivity contribution in [1.29, 1.82) is 0 Å². The van der Waals surface area contributed by atoms with Gasteiger partial charge in [0.15, 0.2) is 0 Å². The number of hydrogen-bond acceptors (Lipinski definition) is 0. The lowest BCUT2D eigenvalue weighted by Gasteiger charge is -2.15. The Labute approximate surface area is 164 Å². The molecular formula is C28H20. The Bertz CT molecular complexity index is 1450. The van der Waals surface area contributed by atoms with Crippen LogP contribution >= 0.6 is 0 Å². The molecular weight excluding hydrogens is 336 g/mol. The maximum atomic E-state index is 2.38. The molecule has 0 N–H and O–H groups in total. The summed E-state index contributed by atoms with van der Waals surface area (Å²) in [5.41, 5.74) is 2.74. The second kappa shape index (κ2) is 5.56. The van der Waals surface area contributed by atoms with E-state index in [0.717, 1.165) is 0 Å². The topological polar surface area (TPSA) is 0 Å². The molecule has 0 saturated carbocycles. The van der Waals surface area contributed by atoms with Gasteiger partial charge in [-0.25, -0.2) is 0 Å². The Morgan fingerprint density at radius 3 is 1.00 bits per heavy atom.